The molecule has 128 heavy (non-hydrogen) atoms. The average molecular weight is 1750 g/mol. The molecular formula is C117H166O11. The van der Waals surface area contributed by atoms with E-state index in [1.165, 1.54) is 160 Å². The number of aromatic hydroxyl groups is 2. The molecule has 10 aliphatic rings. The molecule has 1 aliphatic heterocycles. The van der Waals surface area contributed by atoms with E-state index < -0.39 is 0 Å². The second-order valence-electron chi connectivity index (χ2n) is 41.0. The molecule has 0 amide bonds. The van der Waals surface area contributed by atoms with Crippen LogP contribution in [0.25, 0.3) is 0 Å². The normalized spacial score (nSPS) is 24.0. The quantitative estimate of drug-likeness (QED) is 0.0369. The fraction of sp³-hybridized carbons (Fsp3) is 0.590. The molecule has 700 valence electrons. The maximum Gasteiger partial charge on any atom is 0.205 e. The maximum atomic E-state index is 9.01. The molecule has 8 bridgehead atoms. The fourth-order valence-corrected chi connectivity index (χ4v) is 21.6. The molecule has 0 radical (unpaired) electrons. The third-order valence-electron chi connectivity index (χ3n) is 30.5. The summed E-state index contributed by atoms with van der Waals surface area (Å²) in [5, 5.41) is 18.0. The standard InChI is InChI=1S/C28H36O2.C24H36O2.C23H30O3.C22H36O2.2C10H14O/c1-3-20(2)25-9-11-26(12-10-25)30-27(29-19-21-7-5-4-6-8-21)28-16-22-13-23(17-28)15-24(14-22)18-28;1-5-17(4)21-6-8-22(9-7-21)26-23(25-16(2)3)24-13-18-10-19(14-24)12-20(11-18)15-24;1-3-18(2)20-9-11-22(12-10-20)26-23(21-13-15-24-16-14-21)25-17-19-7-5-4-6-8-19;1-6-17(4)19-12-14-21(15-13-19)24-22(18(5)16(2)3)23-20-10-8-7-9-11-20;2*1-3-8(2)9-4-6-10(11)7-5-9/h4-12,20,22-24,27H,3,13-19H2,1-2H3;6-9,16-20,23H,5,10-15H2,1-4H3;4-12,18,21,23H,3,13-17H2,1-2H3;12-18,20,22H,6-11H2,1-5H3;2*4-8,11H,3H2,1-2H3. The van der Waals surface area contributed by atoms with Gasteiger partial charge in [-0.2, -0.15) is 0 Å². The SMILES string of the molecule is CCC(C)c1ccc(O)cc1.CCC(C)c1ccc(O)cc1.CCC(C)c1ccc(OC(OC(C)C)C23CC4CC(CC(C4)C2)C3)cc1.CCC(C)c1ccc(OC(OC2CCCCC2)C(C)C(C)C)cc1.CCC(C)c1ccc(OC(OCc2ccccc2)C23CC4CC(CC(C4)C2)C3)cc1.CCC(C)c1ccc(OC(OCc2ccccc2)C2CCOCC2)cc1. The van der Waals surface area contributed by atoms with Crippen LogP contribution < -0.4 is 18.9 Å². The van der Waals surface area contributed by atoms with Gasteiger partial charge in [-0.05, 0) is 349 Å². The van der Waals surface area contributed by atoms with Crippen LogP contribution in [0.15, 0.2) is 206 Å². The van der Waals surface area contributed by atoms with Crippen LogP contribution in [-0.2, 0) is 36.9 Å². The second kappa shape index (κ2) is 50.8. The van der Waals surface area contributed by atoms with Gasteiger partial charge in [0.05, 0.1) is 25.4 Å². The van der Waals surface area contributed by atoms with Crippen LogP contribution in [0.3, 0.4) is 0 Å². The predicted molar refractivity (Wildman–Crippen MR) is 527 cm³/mol. The molecule has 8 aromatic carbocycles. The van der Waals surface area contributed by atoms with Gasteiger partial charge in [-0.25, -0.2) is 0 Å². The van der Waals surface area contributed by atoms with Gasteiger partial charge in [-0.1, -0.05) is 257 Å². The van der Waals surface area contributed by atoms with Crippen LogP contribution in [0.5, 0.6) is 34.5 Å². The van der Waals surface area contributed by atoms with Gasteiger partial charge in [0.2, 0.25) is 25.2 Å². The van der Waals surface area contributed by atoms with E-state index >= 15 is 0 Å². The van der Waals surface area contributed by atoms with Crippen LogP contribution in [0.2, 0.25) is 0 Å². The highest BCUT2D eigenvalue weighted by Crippen LogP contribution is 2.64. The van der Waals surface area contributed by atoms with E-state index in [0.717, 1.165) is 117 Å². The molecule has 1 heterocycles. The van der Waals surface area contributed by atoms with E-state index in [9.17, 15) is 0 Å². The molecule has 1 saturated heterocycles. The number of hydrogen-bond donors (Lipinski definition) is 2. The van der Waals surface area contributed by atoms with Gasteiger partial charge in [0, 0.05) is 35.9 Å². The van der Waals surface area contributed by atoms with Crippen molar-refractivity contribution in [3.8, 4) is 34.5 Å². The van der Waals surface area contributed by atoms with Crippen LogP contribution in [0.1, 0.15) is 358 Å². The number of hydrogen-bond acceptors (Lipinski definition) is 11. The minimum absolute atomic E-state index is 0.0923. The smallest absolute Gasteiger partial charge is 0.205 e. The highest BCUT2D eigenvalue weighted by Gasteiger charge is 2.58. The van der Waals surface area contributed by atoms with Crippen molar-refractivity contribution in [2.45, 2.75) is 364 Å². The number of phenolic OH excluding ortho intramolecular Hbond substituents is 2. The van der Waals surface area contributed by atoms with Gasteiger partial charge in [0.1, 0.15) is 34.5 Å². The molecule has 10 fully saturated rings. The highest BCUT2D eigenvalue weighted by molar-refractivity contribution is 5.34. The first-order valence-electron chi connectivity index (χ1n) is 50.7. The van der Waals surface area contributed by atoms with Crippen molar-refractivity contribution in [2.75, 3.05) is 13.2 Å². The van der Waals surface area contributed by atoms with Gasteiger partial charge in [0.25, 0.3) is 0 Å². The zero-order chi connectivity index (χ0) is 91.1. The number of rotatable bonds is 35. The van der Waals surface area contributed by atoms with Crippen molar-refractivity contribution in [3.63, 3.8) is 0 Å². The van der Waals surface area contributed by atoms with Crippen molar-refractivity contribution in [3.05, 3.63) is 251 Å². The van der Waals surface area contributed by atoms with E-state index in [2.05, 4.69) is 257 Å². The molecule has 8 aromatic rings. The summed E-state index contributed by atoms with van der Waals surface area (Å²) in [6.07, 6.45) is 31.5. The Morgan fingerprint density at radius 2 is 0.641 bits per heavy atom. The molecule has 11 nitrogen and oxygen atoms in total. The van der Waals surface area contributed by atoms with Crippen LogP contribution >= 0.6 is 0 Å². The zero-order valence-electron chi connectivity index (χ0n) is 81.8. The second-order valence-corrected chi connectivity index (χ2v) is 41.0. The lowest BCUT2D eigenvalue weighted by Gasteiger charge is -2.58. The molecule has 0 spiro atoms. The van der Waals surface area contributed by atoms with Gasteiger partial charge in [0.15, 0.2) is 0 Å². The largest absolute Gasteiger partial charge is 0.508 e. The lowest BCUT2D eigenvalue weighted by molar-refractivity contribution is -0.227. The number of benzene rings is 8. The molecular weight excluding hydrogens is 1580 g/mol. The zero-order valence-corrected chi connectivity index (χ0v) is 81.8. The Bertz CT molecular complexity index is 4220. The van der Waals surface area contributed by atoms with Crippen LogP contribution in [-0.4, -0.2) is 60.8 Å². The molecule has 9 saturated carbocycles. The van der Waals surface area contributed by atoms with Gasteiger partial charge in [-0.15, -0.1) is 0 Å². The predicted octanol–water partition coefficient (Wildman–Crippen LogP) is 31.8. The highest BCUT2D eigenvalue weighted by atomic mass is 16.7. The minimum atomic E-state index is -0.242. The fourth-order valence-electron chi connectivity index (χ4n) is 21.6. The molecule has 2 N–H and O–H groups in total. The average Bonchev–Trinajstić information content (AvgIpc) is 0.740. The molecule has 18 rings (SSSR count). The molecule has 11 atom stereocenters. The molecule has 11 heteroatoms. The summed E-state index contributed by atoms with van der Waals surface area (Å²) >= 11 is 0. The Morgan fingerprint density at radius 1 is 0.336 bits per heavy atom. The lowest BCUT2D eigenvalue weighted by atomic mass is 9.49. The summed E-state index contributed by atoms with van der Waals surface area (Å²) in [6.45, 7) is 40.5. The Hall–Kier alpha value is -7.64. The summed E-state index contributed by atoms with van der Waals surface area (Å²) in [5.41, 5.74) is 10.9. The number of ether oxygens (including phenoxy) is 9. The van der Waals surface area contributed by atoms with E-state index in [4.69, 9.17) is 52.8 Å². The van der Waals surface area contributed by atoms with Crippen molar-refractivity contribution < 1.29 is 52.8 Å². The Balaban J connectivity index is 0.000000153. The van der Waals surface area contributed by atoms with E-state index in [0.29, 0.717) is 84.1 Å². The van der Waals surface area contributed by atoms with Gasteiger partial charge in [-0.3, -0.25) is 0 Å². The van der Waals surface area contributed by atoms with Crippen molar-refractivity contribution in [1.82, 2.24) is 0 Å². The minimum Gasteiger partial charge on any atom is -0.508 e. The van der Waals surface area contributed by atoms with Crippen LogP contribution in [0.4, 0.5) is 0 Å². The first kappa shape index (κ1) is 101. The lowest BCUT2D eigenvalue weighted by Crippen LogP contribution is -2.54. The summed E-state index contributed by atoms with van der Waals surface area (Å²) in [7, 11) is 0. The van der Waals surface area contributed by atoms with Crippen LogP contribution in [0, 0.1) is 64.1 Å². The van der Waals surface area contributed by atoms with Crippen molar-refractivity contribution in [2.24, 2.45) is 64.1 Å². The van der Waals surface area contributed by atoms with Gasteiger partial charge >= 0.3 is 0 Å². The topological polar surface area (TPSA) is 124 Å². The van der Waals surface area contributed by atoms with E-state index in [-0.39, 0.29) is 42.1 Å². The monoisotopic (exact) mass is 1750 g/mol. The third kappa shape index (κ3) is 30.2. The van der Waals surface area contributed by atoms with E-state index in [1.807, 2.05) is 42.5 Å². The first-order valence-corrected chi connectivity index (χ1v) is 50.7. The first-order chi connectivity index (χ1) is 61.8. The Morgan fingerprint density at radius 3 is 0.969 bits per heavy atom. The van der Waals surface area contributed by atoms with Gasteiger partial charge < -0.3 is 52.8 Å². The molecule has 0 aromatic heterocycles. The third-order valence-corrected chi connectivity index (χ3v) is 30.5. The Labute approximate surface area is 775 Å². The Kier molecular flexibility index (Phi) is 40.1. The summed E-state index contributed by atoms with van der Waals surface area (Å²) in [4.78, 5) is 0. The van der Waals surface area contributed by atoms with Crippen molar-refractivity contribution in [1.29, 1.82) is 0 Å². The van der Waals surface area contributed by atoms with E-state index in [1.54, 1.807) is 24.3 Å². The summed E-state index contributed by atoms with van der Waals surface area (Å²) in [6, 6.07) is 70.3. The van der Waals surface area contributed by atoms with Crippen molar-refractivity contribution >= 4 is 0 Å². The number of phenols is 2. The summed E-state index contributed by atoms with van der Waals surface area (Å²) < 4.78 is 56.9. The maximum absolute atomic E-state index is 9.01. The molecule has 11 unspecified atom stereocenters. The molecule has 9 aliphatic carbocycles. The summed E-state index contributed by atoms with van der Waals surface area (Å²) in [5.74, 6) is 14.6.